The Bertz CT molecular complexity index is 578. The van der Waals surface area contributed by atoms with Crippen LogP contribution in [0.5, 0.6) is 0 Å². The molecule has 2 rings (SSSR count). The second kappa shape index (κ2) is 5.40. The first kappa shape index (κ1) is 15.4. The summed E-state index contributed by atoms with van der Waals surface area (Å²) < 4.78 is 23.7. The third kappa shape index (κ3) is 3.54. The van der Waals surface area contributed by atoms with Crippen molar-refractivity contribution in [2.45, 2.75) is 51.0 Å². The molecule has 0 aromatic heterocycles. The van der Waals surface area contributed by atoms with Crippen LogP contribution in [-0.4, -0.2) is 20.7 Å². The summed E-state index contributed by atoms with van der Waals surface area (Å²) in [4.78, 5) is 0.400. The van der Waals surface area contributed by atoms with Gasteiger partial charge in [-0.25, -0.2) is 8.42 Å². The van der Waals surface area contributed by atoms with E-state index in [0.717, 1.165) is 12.1 Å². The van der Waals surface area contributed by atoms with Crippen molar-refractivity contribution in [3.8, 4) is 0 Å². The smallest absolute Gasteiger partial charge is 0.177 e. The van der Waals surface area contributed by atoms with Crippen LogP contribution in [0.4, 0.5) is 5.69 Å². The molecule has 1 aromatic rings. The highest BCUT2D eigenvalue weighted by molar-refractivity contribution is 7.90. The molecule has 0 amide bonds. The van der Waals surface area contributed by atoms with Gasteiger partial charge >= 0.3 is 0 Å². The number of para-hydroxylation sites is 1. The molecule has 2 unspecified atom stereocenters. The fourth-order valence-corrected chi connectivity index (χ4v) is 4.12. The van der Waals surface area contributed by atoms with Crippen LogP contribution in [0.25, 0.3) is 0 Å². The van der Waals surface area contributed by atoms with E-state index in [4.69, 9.17) is 0 Å². The van der Waals surface area contributed by atoms with E-state index in [1.54, 1.807) is 12.1 Å². The molecule has 4 heteroatoms. The van der Waals surface area contributed by atoms with Gasteiger partial charge in [-0.15, -0.1) is 0 Å². The normalized spacial score (nSPS) is 26.2. The van der Waals surface area contributed by atoms with Gasteiger partial charge in [0.1, 0.15) is 0 Å². The Morgan fingerprint density at radius 1 is 1.25 bits per heavy atom. The predicted octanol–water partition coefficient (Wildman–Crippen LogP) is 3.72. The monoisotopic (exact) mass is 295 g/mol. The van der Waals surface area contributed by atoms with E-state index in [1.165, 1.54) is 19.1 Å². The molecule has 0 heterocycles. The van der Waals surface area contributed by atoms with E-state index in [0.29, 0.717) is 22.3 Å². The highest BCUT2D eigenvalue weighted by Crippen LogP contribution is 2.40. The summed E-state index contributed by atoms with van der Waals surface area (Å²) in [7, 11) is -3.19. The summed E-state index contributed by atoms with van der Waals surface area (Å²) in [5.74, 6) is 0.548. The molecule has 1 aliphatic rings. The van der Waals surface area contributed by atoms with E-state index in [-0.39, 0.29) is 0 Å². The van der Waals surface area contributed by atoms with Crippen molar-refractivity contribution in [3.05, 3.63) is 24.3 Å². The zero-order valence-corrected chi connectivity index (χ0v) is 13.6. The van der Waals surface area contributed by atoms with E-state index in [2.05, 4.69) is 26.1 Å². The Kier molecular flexibility index (Phi) is 4.14. The number of sulfone groups is 1. The SMILES string of the molecule is CC1CC(C)(C)CCC1Nc1ccccc1S(C)(=O)=O. The number of benzene rings is 1. The molecule has 0 aliphatic heterocycles. The summed E-state index contributed by atoms with van der Waals surface area (Å²) in [6.45, 7) is 6.87. The van der Waals surface area contributed by atoms with Crippen molar-refractivity contribution in [2.75, 3.05) is 11.6 Å². The van der Waals surface area contributed by atoms with Crippen LogP contribution >= 0.6 is 0 Å². The molecule has 1 aliphatic carbocycles. The Hall–Kier alpha value is -1.03. The molecular weight excluding hydrogens is 270 g/mol. The first-order chi connectivity index (χ1) is 9.19. The third-order valence-corrected chi connectivity index (χ3v) is 5.48. The van der Waals surface area contributed by atoms with Crippen molar-refractivity contribution in [3.63, 3.8) is 0 Å². The second-order valence-electron chi connectivity index (χ2n) is 6.90. The van der Waals surface area contributed by atoms with Crippen LogP contribution in [0.3, 0.4) is 0 Å². The first-order valence-electron chi connectivity index (χ1n) is 7.25. The topological polar surface area (TPSA) is 46.2 Å². The van der Waals surface area contributed by atoms with Gasteiger partial charge in [0.2, 0.25) is 0 Å². The quantitative estimate of drug-likeness (QED) is 0.924. The number of anilines is 1. The Balaban J connectivity index is 2.20. The first-order valence-corrected chi connectivity index (χ1v) is 9.14. The van der Waals surface area contributed by atoms with Crippen molar-refractivity contribution in [2.24, 2.45) is 11.3 Å². The molecule has 1 N–H and O–H groups in total. The van der Waals surface area contributed by atoms with Gasteiger partial charge in [-0.05, 0) is 42.7 Å². The van der Waals surface area contributed by atoms with Gasteiger partial charge < -0.3 is 5.32 Å². The summed E-state index contributed by atoms with van der Waals surface area (Å²) >= 11 is 0. The van der Waals surface area contributed by atoms with Gasteiger partial charge in [0, 0.05) is 12.3 Å². The van der Waals surface area contributed by atoms with Crippen molar-refractivity contribution in [1.29, 1.82) is 0 Å². The minimum absolute atomic E-state index is 0.353. The zero-order chi connectivity index (χ0) is 15.0. The molecule has 1 fully saturated rings. The van der Waals surface area contributed by atoms with E-state index >= 15 is 0 Å². The van der Waals surface area contributed by atoms with Crippen LogP contribution in [-0.2, 0) is 9.84 Å². The second-order valence-corrected chi connectivity index (χ2v) is 8.89. The molecule has 1 saturated carbocycles. The zero-order valence-electron chi connectivity index (χ0n) is 12.8. The summed E-state index contributed by atoms with van der Waals surface area (Å²) in [5.41, 5.74) is 1.14. The summed E-state index contributed by atoms with van der Waals surface area (Å²) in [6, 6.07) is 7.55. The number of hydrogen-bond donors (Lipinski definition) is 1. The highest BCUT2D eigenvalue weighted by atomic mass is 32.2. The summed E-state index contributed by atoms with van der Waals surface area (Å²) in [5, 5.41) is 3.46. The van der Waals surface area contributed by atoms with Gasteiger partial charge in [0.25, 0.3) is 0 Å². The summed E-state index contributed by atoms with van der Waals surface area (Å²) in [6.07, 6.45) is 4.70. The van der Waals surface area contributed by atoms with Gasteiger partial charge in [0.15, 0.2) is 9.84 Å². The lowest BCUT2D eigenvalue weighted by Gasteiger charge is -2.40. The Morgan fingerprint density at radius 2 is 1.90 bits per heavy atom. The molecule has 0 bridgehead atoms. The lowest BCUT2D eigenvalue weighted by Crippen LogP contribution is -2.37. The maximum atomic E-state index is 11.8. The van der Waals surface area contributed by atoms with E-state index in [9.17, 15) is 8.42 Å². The number of hydrogen-bond acceptors (Lipinski definition) is 3. The fourth-order valence-electron chi connectivity index (χ4n) is 3.27. The predicted molar refractivity (Wildman–Crippen MR) is 83.8 cm³/mol. The molecule has 0 radical (unpaired) electrons. The van der Waals surface area contributed by atoms with E-state index in [1.807, 2.05) is 12.1 Å². The van der Waals surface area contributed by atoms with Gasteiger partial charge in [-0.1, -0.05) is 32.9 Å². The highest BCUT2D eigenvalue weighted by Gasteiger charge is 2.32. The number of rotatable bonds is 3. The maximum absolute atomic E-state index is 11.8. The van der Waals surface area contributed by atoms with Gasteiger partial charge in [-0.2, -0.15) is 0 Å². The largest absolute Gasteiger partial charge is 0.381 e. The molecule has 112 valence electrons. The Morgan fingerprint density at radius 3 is 2.50 bits per heavy atom. The fraction of sp³-hybridized carbons (Fsp3) is 0.625. The van der Waals surface area contributed by atoms with Crippen molar-refractivity contribution < 1.29 is 8.42 Å². The molecule has 0 spiro atoms. The van der Waals surface area contributed by atoms with Crippen molar-refractivity contribution >= 4 is 15.5 Å². The maximum Gasteiger partial charge on any atom is 0.177 e. The van der Waals surface area contributed by atoms with Crippen LogP contribution in [0, 0.1) is 11.3 Å². The lowest BCUT2D eigenvalue weighted by molar-refractivity contribution is 0.177. The van der Waals surface area contributed by atoms with Gasteiger partial charge in [0.05, 0.1) is 10.6 Å². The lowest BCUT2D eigenvalue weighted by atomic mass is 9.70. The third-order valence-electron chi connectivity index (χ3n) is 4.32. The number of nitrogens with one attached hydrogen (secondary N) is 1. The average molecular weight is 295 g/mol. The van der Waals surface area contributed by atoms with Crippen LogP contribution in [0.1, 0.15) is 40.0 Å². The molecule has 2 atom stereocenters. The molecule has 20 heavy (non-hydrogen) atoms. The van der Waals surface area contributed by atoms with Crippen LogP contribution in [0.2, 0.25) is 0 Å². The molecule has 3 nitrogen and oxygen atoms in total. The Labute approximate surface area is 122 Å². The van der Waals surface area contributed by atoms with Crippen LogP contribution in [0.15, 0.2) is 29.2 Å². The minimum atomic E-state index is -3.19. The van der Waals surface area contributed by atoms with E-state index < -0.39 is 9.84 Å². The minimum Gasteiger partial charge on any atom is -0.381 e. The molecule has 0 saturated heterocycles. The van der Waals surface area contributed by atoms with Crippen molar-refractivity contribution in [1.82, 2.24) is 0 Å². The molecular formula is C16H25NO2S. The molecule has 1 aromatic carbocycles. The average Bonchev–Trinajstić information content (AvgIpc) is 2.31. The standard InChI is InChI=1S/C16H25NO2S/c1-12-11-16(2,3)10-9-13(12)17-14-7-5-6-8-15(14)20(4,18)19/h5-8,12-13,17H,9-11H2,1-4H3. The van der Waals surface area contributed by atoms with Crippen LogP contribution < -0.4 is 5.32 Å². The van der Waals surface area contributed by atoms with Gasteiger partial charge in [-0.3, -0.25) is 0 Å².